The smallest absolute Gasteiger partial charge is 0.313 e. The number of carbonyl (C=O) groups is 1. The molecule has 1 amide bonds. The molecule has 0 aliphatic carbocycles. The average Bonchev–Trinajstić information content (AvgIpc) is 2.08. The van der Waals surface area contributed by atoms with Crippen LogP contribution >= 0.6 is 23.2 Å². The summed E-state index contributed by atoms with van der Waals surface area (Å²) >= 11 is 10.8. The first-order chi connectivity index (χ1) is 6.18. The van der Waals surface area contributed by atoms with E-state index in [-0.39, 0.29) is 0 Å². The van der Waals surface area contributed by atoms with Crippen molar-refractivity contribution in [2.24, 2.45) is 0 Å². The molecule has 4 heteroatoms. The number of halogens is 2. The van der Waals surface area contributed by atoms with E-state index < -0.39 is 5.37 Å². The van der Waals surface area contributed by atoms with Crippen LogP contribution in [0.1, 0.15) is 5.56 Å². The van der Waals surface area contributed by atoms with Gasteiger partial charge in [0.2, 0.25) is 0 Å². The molecule has 0 spiro atoms. The first-order valence-corrected chi connectivity index (χ1v) is 4.62. The minimum absolute atomic E-state index is 0.519. The highest BCUT2D eigenvalue weighted by Crippen LogP contribution is 2.09. The number of carbonyl (C=O) groups excluding carboxylic acids is 1. The second kappa shape index (κ2) is 5.10. The van der Waals surface area contributed by atoms with Crippen molar-refractivity contribution in [1.29, 1.82) is 0 Å². The van der Waals surface area contributed by atoms with Crippen LogP contribution in [0.25, 0.3) is 0 Å². The van der Waals surface area contributed by atoms with E-state index in [0.717, 1.165) is 12.0 Å². The molecule has 0 radical (unpaired) electrons. The van der Waals surface area contributed by atoms with Gasteiger partial charge in [-0.1, -0.05) is 23.7 Å². The van der Waals surface area contributed by atoms with Gasteiger partial charge in [0.05, 0.1) is 0 Å². The largest absolute Gasteiger partial charge is 0.342 e. The van der Waals surface area contributed by atoms with Crippen molar-refractivity contribution in [2.45, 2.75) is 6.42 Å². The van der Waals surface area contributed by atoms with Crippen LogP contribution in [0.15, 0.2) is 24.3 Å². The summed E-state index contributed by atoms with van der Waals surface area (Å²) in [6.07, 6.45) is 0.760. The molecule has 0 saturated carbocycles. The van der Waals surface area contributed by atoms with Crippen molar-refractivity contribution >= 4 is 28.6 Å². The summed E-state index contributed by atoms with van der Waals surface area (Å²) in [6, 6.07) is 7.48. The zero-order valence-electron chi connectivity index (χ0n) is 6.89. The molecule has 13 heavy (non-hydrogen) atoms. The maximum Gasteiger partial charge on any atom is 0.313 e. The fourth-order valence-corrected chi connectivity index (χ4v) is 1.18. The van der Waals surface area contributed by atoms with Crippen LogP contribution in [0.5, 0.6) is 0 Å². The Kier molecular flexibility index (Phi) is 4.06. The lowest BCUT2D eigenvalue weighted by Gasteiger charge is -2.01. The van der Waals surface area contributed by atoms with Crippen LogP contribution < -0.4 is 5.32 Å². The highest BCUT2D eigenvalue weighted by molar-refractivity contribution is 6.62. The van der Waals surface area contributed by atoms with Crippen molar-refractivity contribution in [3.05, 3.63) is 34.9 Å². The van der Waals surface area contributed by atoms with Gasteiger partial charge in [-0.05, 0) is 35.7 Å². The third-order valence-electron chi connectivity index (χ3n) is 1.59. The first kappa shape index (κ1) is 10.4. The Hall–Kier alpha value is -0.730. The molecule has 0 aliphatic rings. The van der Waals surface area contributed by atoms with Crippen molar-refractivity contribution in [1.82, 2.24) is 5.32 Å². The molecular weight excluding hydrogens is 209 g/mol. The van der Waals surface area contributed by atoms with Gasteiger partial charge in [0.1, 0.15) is 0 Å². The molecule has 0 saturated heterocycles. The zero-order valence-corrected chi connectivity index (χ0v) is 8.40. The number of nitrogens with one attached hydrogen (secondary N) is 1. The summed E-state index contributed by atoms with van der Waals surface area (Å²) in [4.78, 5) is 10.3. The van der Waals surface area contributed by atoms with E-state index in [4.69, 9.17) is 23.2 Å². The van der Waals surface area contributed by atoms with Crippen LogP contribution in [0.4, 0.5) is 4.79 Å². The Morgan fingerprint density at radius 3 is 2.46 bits per heavy atom. The molecule has 2 nitrogen and oxygen atoms in total. The molecule has 1 aromatic carbocycles. The molecule has 70 valence electrons. The maximum absolute atomic E-state index is 10.3. The molecule has 0 aromatic heterocycles. The Morgan fingerprint density at radius 1 is 1.31 bits per heavy atom. The average molecular weight is 218 g/mol. The van der Waals surface area contributed by atoms with Gasteiger partial charge >= 0.3 is 5.37 Å². The summed E-state index contributed by atoms with van der Waals surface area (Å²) in [6.45, 7) is 0.546. The minimum atomic E-state index is -0.519. The fraction of sp³-hybridized carbons (Fsp3) is 0.222. The topological polar surface area (TPSA) is 29.1 Å². The lowest BCUT2D eigenvalue weighted by atomic mass is 10.1. The van der Waals surface area contributed by atoms with Crippen LogP contribution in [0.3, 0.4) is 0 Å². The normalized spacial score (nSPS) is 9.69. The summed E-state index contributed by atoms with van der Waals surface area (Å²) in [5, 5.41) is 2.70. The molecule has 0 atom stereocenters. The molecule has 0 bridgehead atoms. The van der Waals surface area contributed by atoms with E-state index in [1.807, 2.05) is 24.3 Å². The van der Waals surface area contributed by atoms with Crippen LogP contribution in [0.2, 0.25) is 5.02 Å². The van der Waals surface area contributed by atoms with Gasteiger partial charge < -0.3 is 5.32 Å². The highest BCUT2D eigenvalue weighted by atomic mass is 35.5. The number of amides is 1. The van der Waals surface area contributed by atoms with E-state index in [0.29, 0.717) is 11.6 Å². The monoisotopic (exact) mass is 217 g/mol. The highest BCUT2D eigenvalue weighted by Gasteiger charge is 1.95. The molecule has 0 heterocycles. The Bertz CT molecular complexity index is 284. The van der Waals surface area contributed by atoms with Gasteiger partial charge in [-0.25, -0.2) is 0 Å². The lowest BCUT2D eigenvalue weighted by Crippen LogP contribution is -2.19. The van der Waals surface area contributed by atoms with Crippen LogP contribution in [-0.2, 0) is 6.42 Å². The Labute approximate surface area is 86.8 Å². The maximum atomic E-state index is 10.3. The molecular formula is C9H9Cl2NO. The van der Waals surface area contributed by atoms with Crippen molar-refractivity contribution in [3.63, 3.8) is 0 Å². The van der Waals surface area contributed by atoms with Crippen molar-refractivity contribution in [3.8, 4) is 0 Å². The van der Waals surface area contributed by atoms with E-state index in [2.05, 4.69) is 5.32 Å². The summed E-state index contributed by atoms with van der Waals surface area (Å²) in [7, 11) is 0. The number of rotatable bonds is 3. The van der Waals surface area contributed by atoms with E-state index >= 15 is 0 Å². The van der Waals surface area contributed by atoms with Crippen LogP contribution in [-0.4, -0.2) is 11.9 Å². The molecule has 0 fully saturated rings. The predicted molar refractivity (Wildman–Crippen MR) is 54.4 cm³/mol. The summed E-state index contributed by atoms with van der Waals surface area (Å²) < 4.78 is 0. The second-order valence-corrected chi connectivity index (χ2v) is 3.36. The standard InChI is InChI=1S/C9H9Cl2NO/c10-8-3-1-7(2-4-8)5-6-12-9(11)13/h1-4H,5-6H2,(H,12,13). The van der Waals surface area contributed by atoms with E-state index in [1.54, 1.807) is 0 Å². The second-order valence-electron chi connectivity index (χ2n) is 2.58. The Morgan fingerprint density at radius 2 is 1.92 bits per heavy atom. The summed E-state index contributed by atoms with van der Waals surface area (Å²) in [5.41, 5.74) is 1.12. The number of benzene rings is 1. The predicted octanol–water partition coefficient (Wildman–Crippen LogP) is 2.83. The quantitative estimate of drug-likeness (QED) is 0.613. The SMILES string of the molecule is O=C(Cl)NCCc1ccc(Cl)cc1. The van der Waals surface area contributed by atoms with Crippen molar-refractivity contribution < 1.29 is 4.79 Å². The minimum Gasteiger partial charge on any atom is -0.342 e. The van der Waals surface area contributed by atoms with Crippen LogP contribution in [0, 0.1) is 0 Å². The molecule has 0 aliphatic heterocycles. The van der Waals surface area contributed by atoms with Gasteiger partial charge in [-0.15, -0.1) is 0 Å². The third kappa shape index (κ3) is 4.15. The zero-order chi connectivity index (χ0) is 9.68. The van der Waals surface area contributed by atoms with Gasteiger partial charge in [-0.2, -0.15) is 0 Å². The fourth-order valence-electron chi connectivity index (χ4n) is 0.956. The van der Waals surface area contributed by atoms with Gasteiger partial charge in [-0.3, -0.25) is 4.79 Å². The van der Waals surface area contributed by atoms with Gasteiger partial charge in [0, 0.05) is 11.6 Å². The van der Waals surface area contributed by atoms with Gasteiger partial charge in [0.25, 0.3) is 0 Å². The summed E-state index contributed by atoms with van der Waals surface area (Å²) in [5.74, 6) is 0. The number of hydrogen-bond acceptors (Lipinski definition) is 1. The van der Waals surface area contributed by atoms with E-state index in [9.17, 15) is 4.79 Å². The molecule has 1 N–H and O–H groups in total. The molecule has 0 unspecified atom stereocenters. The molecule has 1 rings (SSSR count). The van der Waals surface area contributed by atoms with Gasteiger partial charge in [0.15, 0.2) is 0 Å². The Balaban J connectivity index is 2.37. The van der Waals surface area contributed by atoms with Crippen molar-refractivity contribution in [2.75, 3.05) is 6.54 Å². The lowest BCUT2D eigenvalue weighted by molar-refractivity contribution is 0.260. The van der Waals surface area contributed by atoms with E-state index in [1.165, 1.54) is 0 Å². The first-order valence-electron chi connectivity index (χ1n) is 3.86. The molecule has 1 aromatic rings. The number of hydrogen-bond donors (Lipinski definition) is 1. The third-order valence-corrected chi connectivity index (χ3v) is 1.98.